The lowest BCUT2D eigenvalue weighted by Gasteiger charge is -2.41. The van der Waals surface area contributed by atoms with Crippen LogP contribution in [0.4, 0.5) is 0 Å². The summed E-state index contributed by atoms with van der Waals surface area (Å²) in [6, 6.07) is 0. The zero-order chi connectivity index (χ0) is 14.4. The molecule has 0 unspecified atom stereocenters. The first-order valence-corrected chi connectivity index (χ1v) is 8.28. The summed E-state index contributed by atoms with van der Waals surface area (Å²) in [5, 5.41) is 0. The van der Waals surface area contributed by atoms with Gasteiger partial charge in [0.1, 0.15) is 0 Å². The molecule has 0 bridgehead atoms. The summed E-state index contributed by atoms with van der Waals surface area (Å²) in [6.45, 7) is 9.09. The van der Waals surface area contributed by atoms with E-state index in [1.54, 1.807) is 0 Å². The molecule has 1 saturated heterocycles. The van der Waals surface area contributed by atoms with Crippen molar-refractivity contribution < 1.29 is 4.74 Å². The molecule has 4 nitrogen and oxygen atoms in total. The number of halogens is 1. The van der Waals surface area contributed by atoms with E-state index in [1.165, 1.54) is 32.1 Å². The van der Waals surface area contributed by atoms with Crippen LogP contribution in [0.15, 0.2) is 4.99 Å². The molecule has 5 heteroatoms. The van der Waals surface area contributed by atoms with Crippen molar-refractivity contribution >= 4 is 29.9 Å². The van der Waals surface area contributed by atoms with Gasteiger partial charge in [-0.1, -0.05) is 13.3 Å². The molecule has 2 N–H and O–H groups in total. The Bertz CT molecular complexity index is 323. The quantitative estimate of drug-likeness (QED) is 0.317. The Kier molecular flexibility index (Phi) is 8.31. The number of nitrogens with zero attached hydrogens (tertiary/aromatic N) is 2. The van der Waals surface area contributed by atoms with Gasteiger partial charge in [-0.25, -0.2) is 0 Å². The maximum atomic E-state index is 6.18. The average molecular weight is 409 g/mol. The minimum absolute atomic E-state index is 0. The molecule has 0 spiro atoms. The zero-order valence-electron chi connectivity index (χ0n) is 13.6. The van der Waals surface area contributed by atoms with Gasteiger partial charge >= 0.3 is 0 Å². The van der Waals surface area contributed by atoms with Gasteiger partial charge in [-0.15, -0.1) is 24.0 Å². The van der Waals surface area contributed by atoms with Crippen molar-refractivity contribution in [2.24, 2.45) is 22.1 Å². The standard InChI is InChI=1S/C16H31N3O.HI/c1-3-20-12-9-16(7-4-8-16)13-18-15(17)19-10-5-14(2)6-11-19;/h14H,3-13H2,1-2H3,(H2,17,18);1H. The zero-order valence-corrected chi connectivity index (χ0v) is 16.0. The van der Waals surface area contributed by atoms with Gasteiger partial charge in [0.2, 0.25) is 0 Å². The molecular weight excluding hydrogens is 377 g/mol. The van der Waals surface area contributed by atoms with E-state index in [9.17, 15) is 0 Å². The fraction of sp³-hybridized carbons (Fsp3) is 0.938. The van der Waals surface area contributed by atoms with E-state index < -0.39 is 0 Å². The van der Waals surface area contributed by atoms with E-state index in [-0.39, 0.29) is 24.0 Å². The van der Waals surface area contributed by atoms with Gasteiger partial charge < -0.3 is 15.4 Å². The molecule has 2 fully saturated rings. The number of rotatable bonds is 6. The van der Waals surface area contributed by atoms with Crippen molar-refractivity contribution in [3.63, 3.8) is 0 Å². The molecule has 0 aromatic carbocycles. The summed E-state index contributed by atoms with van der Waals surface area (Å²) < 4.78 is 5.51. The highest BCUT2D eigenvalue weighted by Gasteiger charge is 2.36. The lowest BCUT2D eigenvalue weighted by atomic mass is 9.67. The molecule has 1 saturated carbocycles. The highest BCUT2D eigenvalue weighted by molar-refractivity contribution is 14.0. The molecule has 124 valence electrons. The molecule has 0 atom stereocenters. The normalized spacial score (nSPS) is 22.6. The molecule has 1 aliphatic carbocycles. The third-order valence-corrected chi connectivity index (χ3v) is 5.08. The fourth-order valence-electron chi connectivity index (χ4n) is 3.18. The number of piperidine rings is 1. The van der Waals surface area contributed by atoms with Crippen molar-refractivity contribution in [1.82, 2.24) is 4.90 Å². The van der Waals surface area contributed by atoms with Gasteiger partial charge in [0.25, 0.3) is 0 Å². The van der Waals surface area contributed by atoms with E-state index in [0.29, 0.717) is 5.41 Å². The van der Waals surface area contributed by atoms with Crippen molar-refractivity contribution in [2.75, 3.05) is 32.8 Å². The minimum Gasteiger partial charge on any atom is -0.382 e. The highest BCUT2D eigenvalue weighted by Crippen LogP contribution is 2.44. The van der Waals surface area contributed by atoms with Gasteiger partial charge in [0, 0.05) is 32.8 Å². The molecule has 2 aliphatic rings. The van der Waals surface area contributed by atoms with Crippen LogP contribution in [0.25, 0.3) is 0 Å². The summed E-state index contributed by atoms with van der Waals surface area (Å²) >= 11 is 0. The largest absolute Gasteiger partial charge is 0.382 e. The van der Waals surface area contributed by atoms with Gasteiger partial charge in [0.15, 0.2) is 5.96 Å². The van der Waals surface area contributed by atoms with Crippen molar-refractivity contribution in [1.29, 1.82) is 0 Å². The lowest BCUT2D eigenvalue weighted by Crippen LogP contribution is -2.43. The molecule has 21 heavy (non-hydrogen) atoms. The van der Waals surface area contributed by atoms with E-state index in [1.807, 2.05) is 0 Å². The number of hydrogen-bond donors (Lipinski definition) is 1. The van der Waals surface area contributed by atoms with Gasteiger partial charge in [-0.2, -0.15) is 0 Å². The Balaban J connectivity index is 0.00000220. The Morgan fingerprint density at radius 1 is 1.33 bits per heavy atom. The molecule has 0 radical (unpaired) electrons. The van der Waals surface area contributed by atoms with E-state index in [0.717, 1.165) is 51.1 Å². The monoisotopic (exact) mass is 409 g/mol. The maximum absolute atomic E-state index is 6.18. The van der Waals surface area contributed by atoms with Crippen LogP contribution in [0.2, 0.25) is 0 Å². The fourth-order valence-corrected chi connectivity index (χ4v) is 3.18. The maximum Gasteiger partial charge on any atom is 0.191 e. The first kappa shape index (κ1) is 19.0. The molecule has 0 amide bonds. The van der Waals surface area contributed by atoms with Crippen LogP contribution < -0.4 is 5.73 Å². The number of nitrogens with two attached hydrogens (primary N) is 1. The van der Waals surface area contributed by atoms with E-state index in [4.69, 9.17) is 15.5 Å². The van der Waals surface area contributed by atoms with Gasteiger partial charge in [0.05, 0.1) is 0 Å². The Hall–Kier alpha value is -0.0400. The molecule has 2 rings (SSSR count). The summed E-state index contributed by atoms with van der Waals surface area (Å²) in [4.78, 5) is 6.97. The third-order valence-electron chi connectivity index (χ3n) is 5.08. The highest BCUT2D eigenvalue weighted by atomic mass is 127. The third kappa shape index (κ3) is 5.58. The second kappa shape index (κ2) is 9.18. The summed E-state index contributed by atoms with van der Waals surface area (Å²) in [5.41, 5.74) is 6.56. The second-order valence-corrected chi connectivity index (χ2v) is 6.64. The Morgan fingerprint density at radius 3 is 2.52 bits per heavy atom. The van der Waals surface area contributed by atoms with E-state index >= 15 is 0 Å². The number of aliphatic imine (C=N–C) groups is 1. The van der Waals surface area contributed by atoms with Crippen molar-refractivity contribution in [3.05, 3.63) is 0 Å². The predicted molar refractivity (Wildman–Crippen MR) is 99.3 cm³/mol. The first-order chi connectivity index (χ1) is 9.65. The Morgan fingerprint density at radius 2 is 2.00 bits per heavy atom. The summed E-state index contributed by atoms with van der Waals surface area (Å²) in [5.74, 6) is 1.60. The predicted octanol–water partition coefficient (Wildman–Crippen LogP) is 3.25. The van der Waals surface area contributed by atoms with Crippen LogP contribution in [-0.4, -0.2) is 43.7 Å². The van der Waals surface area contributed by atoms with Crippen LogP contribution in [0, 0.1) is 11.3 Å². The van der Waals surface area contributed by atoms with Crippen molar-refractivity contribution in [3.8, 4) is 0 Å². The van der Waals surface area contributed by atoms with Crippen LogP contribution >= 0.6 is 24.0 Å². The van der Waals surface area contributed by atoms with Gasteiger partial charge in [-0.05, 0) is 50.4 Å². The van der Waals surface area contributed by atoms with Crippen LogP contribution in [0.1, 0.15) is 52.4 Å². The topological polar surface area (TPSA) is 50.9 Å². The minimum atomic E-state index is 0. The molecule has 0 aromatic rings. The number of guanidine groups is 1. The summed E-state index contributed by atoms with van der Waals surface area (Å²) in [6.07, 6.45) is 7.52. The smallest absolute Gasteiger partial charge is 0.191 e. The molecular formula is C16H32IN3O. The summed E-state index contributed by atoms with van der Waals surface area (Å²) in [7, 11) is 0. The number of ether oxygens (including phenoxy) is 1. The second-order valence-electron chi connectivity index (χ2n) is 6.64. The molecule has 1 heterocycles. The number of hydrogen-bond acceptors (Lipinski definition) is 2. The van der Waals surface area contributed by atoms with Crippen molar-refractivity contribution in [2.45, 2.75) is 52.4 Å². The molecule has 0 aromatic heterocycles. The van der Waals surface area contributed by atoms with E-state index in [2.05, 4.69) is 18.7 Å². The average Bonchev–Trinajstić information content (AvgIpc) is 2.41. The Labute approximate surface area is 146 Å². The van der Waals surface area contributed by atoms with Crippen LogP contribution in [-0.2, 0) is 4.74 Å². The number of likely N-dealkylation sites (tertiary alicyclic amines) is 1. The van der Waals surface area contributed by atoms with Gasteiger partial charge in [-0.3, -0.25) is 4.99 Å². The van der Waals surface area contributed by atoms with Crippen LogP contribution in [0.5, 0.6) is 0 Å². The first-order valence-electron chi connectivity index (χ1n) is 8.28. The SMILES string of the molecule is CCOCCC1(CN=C(N)N2CCC(C)CC2)CCC1.I. The molecule has 1 aliphatic heterocycles. The lowest BCUT2D eigenvalue weighted by molar-refractivity contribution is 0.0607. The van der Waals surface area contributed by atoms with Crippen LogP contribution in [0.3, 0.4) is 0 Å².